The van der Waals surface area contributed by atoms with Crippen molar-refractivity contribution in [3.63, 3.8) is 0 Å². The molecule has 0 rings (SSSR count). The maximum atomic E-state index is 11.7. The highest BCUT2D eigenvalue weighted by atomic mass is 16.2. The fourth-order valence-electron chi connectivity index (χ4n) is 1.25. The van der Waals surface area contributed by atoms with Gasteiger partial charge in [-0.25, -0.2) is 0 Å². The Balaban J connectivity index is 3.93. The molecule has 5 nitrogen and oxygen atoms in total. The van der Waals surface area contributed by atoms with Gasteiger partial charge < -0.3 is 16.0 Å². The van der Waals surface area contributed by atoms with Crippen LogP contribution in [0.25, 0.3) is 0 Å². The summed E-state index contributed by atoms with van der Waals surface area (Å²) in [5.74, 6) is -0.0739. The van der Waals surface area contributed by atoms with Gasteiger partial charge in [-0.1, -0.05) is 6.92 Å². The lowest BCUT2D eigenvalue weighted by Crippen LogP contribution is -2.35. The molecule has 0 fully saturated rings. The van der Waals surface area contributed by atoms with Crippen molar-refractivity contribution in [2.24, 2.45) is 11.7 Å². The first-order valence-electron chi connectivity index (χ1n) is 5.18. The number of nitrogens with one attached hydrogen (secondary N) is 1. The quantitative estimate of drug-likeness (QED) is 0.631. The molecule has 0 aliphatic rings. The van der Waals surface area contributed by atoms with Crippen molar-refractivity contribution in [2.45, 2.75) is 19.8 Å². The minimum Gasteiger partial charge on any atom is -0.359 e. The summed E-state index contributed by atoms with van der Waals surface area (Å²) >= 11 is 0. The number of carbonyl (C=O) groups excluding carboxylic acids is 2. The van der Waals surface area contributed by atoms with Crippen LogP contribution in [0.4, 0.5) is 0 Å². The molecule has 0 aliphatic heterocycles. The number of nitrogens with zero attached hydrogens (tertiary/aromatic N) is 1. The highest BCUT2D eigenvalue weighted by Crippen LogP contribution is 2.05. The van der Waals surface area contributed by atoms with Gasteiger partial charge in [0.25, 0.3) is 0 Å². The monoisotopic (exact) mass is 215 g/mol. The molecule has 0 aromatic carbocycles. The van der Waals surface area contributed by atoms with Crippen LogP contribution in [0.3, 0.4) is 0 Å². The summed E-state index contributed by atoms with van der Waals surface area (Å²) < 4.78 is 0. The van der Waals surface area contributed by atoms with Crippen molar-refractivity contribution in [3.8, 4) is 0 Å². The number of hydrogen-bond acceptors (Lipinski definition) is 3. The van der Waals surface area contributed by atoms with Gasteiger partial charge in [-0.15, -0.1) is 0 Å². The Morgan fingerprint density at radius 2 is 2.07 bits per heavy atom. The number of amides is 2. The smallest absolute Gasteiger partial charge is 0.225 e. The number of nitrogens with two attached hydrogens (primary N) is 1. The van der Waals surface area contributed by atoms with Crippen LogP contribution in [0.1, 0.15) is 19.8 Å². The molecule has 2 amide bonds. The third-order valence-corrected chi connectivity index (χ3v) is 2.35. The molecule has 0 aromatic heterocycles. The lowest BCUT2D eigenvalue weighted by molar-refractivity contribution is -0.134. The maximum absolute atomic E-state index is 11.7. The fraction of sp³-hybridized carbons (Fsp3) is 0.800. The average molecular weight is 215 g/mol. The van der Waals surface area contributed by atoms with Crippen molar-refractivity contribution >= 4 is 11.8 Å². The highest BCUT2D eigenvalue weighted by molar-refractivity contribution is 5.80. The van der Waals surface area contributed by atoms with Gasteiger partial charge in [0.05, 0.1) is 0 Å². The fourth-order valence-corrected chi connectivity index (χ4v) is 1.25. The Kier molecular flexibility index (Phi) is 6.70. The van der Waals surface area contributed by atoms with Crippen molar-refractivity contribution < 1.29 is 9.59 Å². The van der Waals surface area contributed by atoms with Crippen LogP contribution in [0.2, 0.25) is 0 Å². The maximum Gasteiger partial charge on any atom is 0.225 e. The number of rotatable bonds is 6. The Hall–Kier alpha value is -1.10. The zero-order chi connectivity index (χ0) is 11.8. The van der Waals surface area contributed by atoms with Crippen molar-refractivity contribution in [2.75, 3.05) is 27.2 Å². The molecule has 15 heavy (non-hydrogen) atoms. The molecule has 0 saturated carbocycles. The van der Waals surface area contributed by atoms with Crippen LogP contribution >= 0.6 is 0 Å². The zero-order valence-corrected chi connectivity index (χ0v) is 9.75. The van der Waals surface area contributed by atoms with Gasteiger partial charge in [0.15, 0.2) is 0 Å². The van der Waals surface area contributed by atoms with E-state index in [1.807, 2.05) is 6.92 Å². The van der Waals surface area contributed by atoms with E-state index in [0.717, 1.165) is 0 Å². The molecule has 0 heterocycles. The summed E-state index contributed by atoms with van der Waals surface area (Å²) in [6, 6.07) is 0. The molecule has 0 saturated heterocycles. The van der Waals surface area contributed by atoms with Gasteiger partial charge in [0, 0.05) is 33.0 Å². The van der Waals surface area contributed by atoms with Crippen LogP contribution < -0.4 is 11.1 Å². The molecular weight excluding hydrogens is 194 g/mol. The minimum atomic E-state index is -0.0651. The van der Waals surface area contributed by atoms with Gasteiger partial charge in [-0.05, 0) is 13.0 Å². The first-order chi connectivity index (χ1) is 7.02. The first kappa shape index (κ1) is 13.9. The Morgan fingerprint density at radius 3 is 2.53 bits per heavy atom. The third kappa shape index (κ3) is 5.37. The highest BCUT2D eigenvalue weighted by Gasteiger charge is 2.16. The molecule has 5 heteroatoms. The SMILES string of the molecule is CNC(=O)CCN(C)C(=O)C(C)CCN. The molecule has 0 aliphatic carbocycles. The standard InChI is InChI=1S/C10H21N3O2/c1-8(4-6-11)10(15)13(3)7-5-9(14)12-2/h8H,4-7,11H2,1-3H3,(H,12,14). The second-order valence-corrected chi connectivity index (χ2v) is 3.66. The topological polar surface area (TPSA) is 75.4 Å². The van der Waals surface area contributed by atoms with E-state index in [1.165, 1.54) is 0 Å². The van der Waals surface area contributed by atoms with Crippen LogP contribution in [0.15, 0.2) is 0 Å². The second-order valence-electron chi connectivity index (χ2n) is 3.66. The van der Waals surface area contributed by atoms with E-state index < -0.39 is 0 Å². The number of hydrogen-bond donors (Lipinski definition) is 2. The summed E-state index contributed by atoms with van der Waals surface area (Å²) in [5.41, 5.74) is 5.38. The van der Waals surface area contributed by atoms with E-state index >= 15 is 0 Å². The van der Waals surface area contributed by atoms with Gasteiger partial charge >= 0.3 is 0 Å². The molecule has 0 radical (unpaired) electrons. The van der Waals surface area contributed by atoms with Crippen LogP contribution in [0, 0.1) is 5.92 Å². The normalized spacial score (nSPS) is 12.0. The molecule has 0 bridgehead atoms. The summed E-state index contributed by atoms with van der Waals surface area (Å²) in [7, 11) is 3.29. The largest absolute Gasteiger partial charge is 0.359 e. The molecule has 1 atom stereocenters. The molecule has 0 aromatic rings. The van der Waals surface area contributed by atoms with Crippen molar-refractivity contribution in [1.29, 1.82) is 0 Å². The summed E-state index contributed by atoms with van der Waals surface area (Å²) in [4.78, 5) is 24.2. The molecule has 0 spiro atoms. The third-order valence-electron chi connectivity index (χ3n) is 2.35. The van der Waals surface area contributed by atoms with Gasteiger partial charge in [-0.2, -0.15) is 0 Å². The van der Waals surface area contributed by atoms with Gasteiger partial charge in [-0.3, -0.25) is 9.59 Å². The Labute approximate surface area is 91.0 Å². The minimum absolute atomic E-state index is 0.0457. The summed E-state index contributed by atoms with van der Waals surface area (Å²) in [6.45, 7) is 2.81. The average Bonchev–Trinajstić information content (AvgIpc) is 2.24. The van der Waals surface area contributed by atoms with E-state index in [4.69, 9.17) is 5.73 Å². The Morgan fingerprint density at radius 1 is 1.47 bits per heavy atom. The van der Waals surface area contributed by atoms with E-state index in [-0.39, 0.29) is 17.7 Å². The second kappa shape index (κ2) is 7.23. The Bertz CT molecular complexity index is 219. The molecular formula is C10H21N3O2. The van der Waals surface area contributed by atoms with Gasteiger partial charge in [0.1, 0.15) is 0 Å². The summed E-state index contributed by atoms with van der Waals surface area (Å²) in [5, 5.41) is 2.52. The van der Waals surface area contributed by atoms with Crippen LogP contribution in [-0.4, -0.2) is 43.9 Å². The number of carbonyl (C=O) groups is 2. The molecule has 1 unspecified atom stereocenters. The van der Waals surface area contributed by atoms with Gasteiger partial charge in [0.2, 0.25) is 11.8 Å². The summed E-state index contributed by atoms with van der Waals surface area (Å²) in [6.07, 6.45) is 1.03. The van der Waals surface area contributed by atoms with E-state index in [1.54, 1.807) is 19.0 Å². The lowest BCUT2D eigenvalue weighted by atomic mass is 10.1. The predicted octanol–water partition coefficient (Wildman–Crippen LogP) is -0.434. The zero-order valence-electron chi connectivity index (χ0n) is 9.75. The predicted molar refractivity (Wildman–Crippen MR) is 59.2 cm³/mol. The van der Waals surface area contributed by atoms with E-state index in [2.05, 4.69) is 5.32 Å². The molecule has 3 N–H and O–H groups in total. The van der Waals surface area contributed by atoms with Crippen LogP contribution in [0.5, 0.6) is 0 Å². The molecule has 88 valence electrons. The van der Waals surface area contributed by atoms with Crippen molar-refractivity contribution in [3.05, 3.63) is 0 Å². The lowest BCUT2D eigenvalue weighted by Gasteiger charge is -2.20. The first-order valence-corrected chi connectivity index (χ1v) is 5.18. The van der Waals surface area contributed by atoms with Crippen LogP contribution in [-0.2, 0) is 9.59 Å². The van der Waals surface area contributed by atoms with E-state index in [9.17, 15) is 9.59 Å². The van der Waals surface area contributed by atoms with E-state index in [0.29, 0.717) is 25.9 Å². The van der Waals surface area contributed by atoms with Crippen molar-refractivity contribution in [1.82, 2.24) is 10.2 Å².